The van der Waals surface area contributed by atoms with E-state index in [0.29, 0.717) is 11.5 Å². The molecule has 5 heteroatoms. The third-order valence-electron chi connectivity index (χ3n) is 4.94. The van der Waals surface area contributed by atoms with Gasteiger partial charge in [-0.3, -0.25) is 14.6 Å². The second-order valence-corrected chi connectivity index (χ2v) is 6.90. The fraction of sp³-hybridized carbons (Fsp3) is 0.381. The minimum absolute atomic E-state index is 0.0135. The monoisotopic (exact) mass is 351 g/mol. The zero-order valence-electron chi connectivity index (χ0n) is 15.1. The number of carbonyl (C=O) groups excluding carboxylic acids is 2. The topological polar surface area (TPSA) is 62.3 Å². The second kappa shape index (κ2) is 8.61. The third kappa shape index (κ3) is 4.69. The Morgan fingerprint density at radius 3 is 2.54 bits per heavy atom. The van der Waals surface area contributed by atoms with Gasteiger partial charge in [0.25, 0.3) is 5.91 Å². The Balaban J connectivity index is 1.47. The van der Waals surface area contributed by atoms with E-state index in [-0.39, 0.29) is 11.8 Å². The van der Waals surface area contributed by atoms with Gasteiger partial charge >= 0.3 is 0 Å². The van der Waals surface area contributed by atoms with Crippen molar-refractivity contribution in [1.29, 1.82) is 0 Å². The van der Waals surface area contributed by atoms with E-state index < -0.39 is 6.04 Å². The lowest BCUT2D eigenvalue weighted by atomic mass is 9.90. The van der Waals surface area contributed by atoms with E-state index in [1.807, 2.05) is 11.0 Å². The average molecular weight is 351 g/mol. The smallest absolute Gasteiger partial charge is 0.253 e. The summed E-state index contributed by atoms with van der Waals surface area (Å²) in [6, 6.07) is 13.4. The highest BCUT2D eigenvalue weighted by Gasteiger charge is 2.27. The molecule has 2 amide bonds. The van der Waals surface area contributed by atoms with Gasteiger partial charge in [-0.1, -0.05) is 30.3 Å². The number of benzene rings is 1. The van der Waals surface area contributed by atoms with Crippen molar-refractivity contribution in [3.05, 3.63) is 66.0 Å². The Labute approximate surface area is 154 Å². The van der Waals surface area contributed by atoms with Crippen LogP contribution in [-0.4, -0.2) is 40.8 Å². The number of hydrogen-bond donors (Lipinski definition) is 1. The van der Waals surface area contributed by atoms with Crippen molar-refractivity contribution in [3.8, 4) is 0 Å². The molecule has 0 radical (unpaired) electrons. The van der Waals surface area contributed by atoms with E-state index in [4.69, 9.17) is 0 Å². The highest BCUT2D eigenvalue weighted by molar-refractivity contribution is 5.97. The number of rotatable bonds is 5. The molecule has 1 aromatic heterocycles. The van der Waals surface area contributed by atoms with Crippen molar-refractivity contribution in [2.75, 3.05) is 13.1 Å². The molecular formula is C21H25N3O2. The van der Waals surface area contributed by atoms with Gasteiger partial charge in [-0.15, -0.1) is 0 Å². The van der Waals surface area contributed by atoms with Crippen LogP contribution in [0.2, 0.25) is 0 Å². The van der Waals surface area contributed by atoms with Crippen LogP contribution in [0.15, 0.2) is 54.9 Å². The Hall–Kier alpha value is -2.69. The molecule has 2 aromatic rings. The standard InChI is InChI=1S/C21H25N3O2/c1-16(23-20(25)19-8-5-11-22-15-19)21(26)24-12-9-18(10-13-24)14-17-6-3-2-4-7-17/h2-8,11,15-16,18H,9-10,12-14H2,1H3,(H,23,25)/t16-/m1/s1. The summed E-state index contributed by atoms with van der Waals surface area (Å²) in [5, 5.41) is 2.77. The van der Waals surface area contributed by atoms with Gasteiger partial charge in [-0.2, -0.15) is 0 Å². The minimum Gasteiger partial charge on any atom is -0.341 e. The molecule has 0 aliphatic carbocycles. The summed E-state index contributed by atoms with van der Waals surface area (Å²) in [5.74, 6) is 0.333. The molecule has 26 heavy (non-hydrogen) atoms. The number of hydrogen-bond acceptors (Lipinski definition) is 3. The van der Waals surface area contributed by atoms with Crippen LogP contribution in [0.4, 0.5) is 0 Å². The Morgan fingerprint density at radius 2 is 1.88 bits per heavy atom. The lowest BCUT2D eigenvalue weighted by Gasteiger charge is -2.33. The maximum absolute atomic E-state index is 12.6. The number of nitrogens with zero attached hydrogens (tertiary/aromatic N) is 2. The van der Waals surface area contributed by atoms with Gasteiger partial charge in [0.1, 0.15) is 6.04 Å². The average Bonchev–Trinajstić information content (AvgIpc) is 2.69. The molecule has 2 heterocycles. The van der Waals surface area contributed by atoms with Crippen LogP contribution >= 0.6 is 0 Å². The molecule has 1 fully saturated rings. The van der Waals surface area contributed by atoms with E-state index >= 15 is 0 Å². The number of pyridine rings is 1. The normalized spacial score (nSPS) is 16.1. The molecule has 0 saturated carbocycles. The molecule has 1 aliphatic rings. The fourth-order valence-corrected chi connectivity index (χ4v) is 3.42. The van der Waals surface area contributed by atoms with Crippen molar-refractivity contribution in [1.82, 2.24) is 15.2 Å². The van der Waals surface area contributed by atoms with E-state index in [0.717, 1.165) is 32.4 Å². The van der Waals surface area contributed by atoms with E-state index in [2.05, 4.69) is 34.6 Å². The summed E-state index contributed by atoms with van der Waals surface area (Å²) in [6.07, 6.45) is 6.19. The lowest BCUT2D eigenvalue weighted by molar-refractivity contribution is -0.134. The molecule has 1 aliphatic heterocycles. The Morgan fingerprint density at radius 1 is 1.15 bits per heavy atom. The second-order valence-electron chi connectivity index (χ2n) is 6.90. The van der Waals surface area contributed by atoms with Crippen molar-refractivity contribution < 1.29 is 9.59 Å². The molecule has 136 valence electrons. The Bertz CT molecular complexity index is 725. The number of likely N-dealkylation sites (tertiary alicyclic amines) is 1. The van der Waals surface area contributed by atoms with Crippen molar-refractivity contribution in [2.45, 2.75) is 32.2 Å². The van der Waals surface area contributed by atoms with Gasteiger partial charge in [-0.05, 0) is 49.8 Å². The number of nitrogens with one attached hydrogen (secondary N) is 1. The Kier molecular flexibility index (Phi) is 6.00. The SMILES string of the molecule is C[C@@H](NC(=O)c1cccnc1)C(=O)N1CCC(Cc2ccccc2)CC1. The van der Waals surface area contributed by atoms with Gasteiger partial charge < -0.3 is 10.2 Å². The zero-order chi connectivity index (χ0) is 18.4. The van der Waals surface area contributed by atoms with Gasteiger partial charge in [0.2, 0.25) is 5.91 Å². The van der Waals surface area contributed by atoms with Crippen LogP contribution in [-0.2, 0) is 11.2 Å². The van der Waals surface area contributed by atoms with E-state index in [9.17, 15) is 9.59 Å². The first-order valence-electron chi connectivity index (χ1n) is 9.17. The maximum Gasteiger partial charge on any atom is 0.253 e. The first-order valence-corrected chi connectivity index (χ1v) is 9.17. The molecule has 5 nitrogen and oxygen atoms in total. The van der Waals surface area contributed by atoms with Crippen molar-refractivity contribution in [3.63, 3.8) is 0 Å². The molecule has 1 aromatic carbocycles. The molecule has 1 atom stereocenters. The highest BCUT2D eigenvalue weighted by atomic mass is 16.2. The summed E-state index contributed by atoms with van der Waals surface area (Å²) < 4.78 is 0. The fourth-order valence-electron chi connectivity index (χ4n) is 3.42. The van der Waals surface area contributed by atoms with Crippen LogP contribution in [0.3, 0.4) is 0 Å². The number of piperidine rings is 1. The number of amides is 2. The lowest BCUT2D eigenvalue weighted by Crippen LogP contribution is -2.49. The van der Waals surface area contributed by atoms with Crippen LogP contribution in [0.1, 0.15) is 35.7 Å². The molecular weight excluding hydrogens is 326 g/mol. The third-order valence-corrected chi connectivity index (χ3v) is 4.94. The van der Waals surface area contributed by atoms with Gasteiger partial charge in [0.05, 0.1) is 5.56 Å². The van der Waals surface area contributed by atoms with E-state index in [1.165, 1.54) is 11.8 Å². The first-order chi connectivity index (χ1) is 12.6. The predicted octanol–water partition coefficient (Wildman–Crippen LogP) is 2.68. The molecule has 1 saturated heterocycles. The summed E-state index contributed by atoms with van der Waals surface area (Å²) in [4.78, 5) is 30.6. The van der Waals surface area contributed by atoms with Crippen LogP contribution in [0, 0.1) is 5.92 Å². The van der Waals surface area contributed by atoms with Crippen molar-refractivity contribution >= 4 is 11.8 Å². The molecule has 3 rings (SSSR count). The summed E-state index contributed by atoms with van der Waals surface area (Å²) in [5.41, 5.74) is 1.82. The minimum atomic E-state index is -0.534. The van der Waals surface area contributed by atoms with Crippen LogP contribution in [0.25, 0.3) is 0 Å². The van der Waals surface area contributed by atoms with Crippen LogP contribution in [0.5, 0.6) is 0 Å². The van der Waals surface area contributed by atoms with Gasteiger partial charge in [0, 0.05) is 25.5 Å². The highest BCUT2D eigenvalue weighted by Crippen LogP contribution is 2.22. The summed E-state index contributed by atoms with van der Waals surface area (Å²) in [7, 11) is 0. The van der Waals surface area contributed by atoms with Crippen LogP contribution < -0.4 is 5.32 Å². The van der Waals surface area contributed by atoms with Gasteiger partial charge in [-0.25, -0.2) is 0 Å². The molecule has 0 unspecified atom stereocenters. The quantitative estimate of drug-likeness (QED) is 0.901. The molecule has 0 bridgehead atoms. The van der Waals surface area contributed by atoms with Crippen molar-refractivity contribution in [2.24, 2.45) is 5.92 Å². The molecule has 1 N–H and O–H groups in total. The maximum atomic E-state index is 12.6. The number of carbonyl (C=O) groups is 2. The largest absolute Gasteiger partial charge is 0.341 e. The van der Waals surface area contributed by atoms with Gasteiger partial charge in [0.15, 0.2) is 0 Å². The summed E-state index contributed by atoms with van der Waals surface area (Å²) in [6.45, 7) is 3.25. The zero-order valence-corrected chi connectivity index (χ0v) is 15.1. The summed E-state index contributed by atoms with van der Waals surface area (Å²) >= 11 is 0. The number of aromatic nitrogens is 1. The predicted molar refractivity (Wildman–Crippen MR) is 101 cm³/mol. The molecule has 0 spiro atoms. The first kappa shape index (κ1) is 18.1. The van der Waals surface area contributed by atoms with E-state index in [1.54, 1.807) is 25.3 Å².